The average molecular weight is 379 g/mol. The van der Waals surface area contributed by atoms with Crippen molar-refractivity contribution in [1.82, 2.24) is 0 Å². The lowest BCUT2D eigenvalue weighted by Gasteiger charge is -2.14. The third-order valence-corrected chi connectivity index (χ3v) is 6.94. The minimum Gasteiger partial charge on any atom is -0.280 e. The van der Waals surface area contributed by atoms with Gasteiger partial charge in [0.25, 0.3) is 9.05 Å². The largest absolute Gasteiger partial charge is 0.280 e. The van der Waals surface area contributed by atoms with Gasteiger partial charge in [0.2, 0.25) is 10.0 Å². The molecule has 0 unspecified atom stereocenters. The van der Waals surface area contributed by atoms with Crippen molar-refractivity contribution < 1.29 is 16.8 Å². The molecule has 0 bridgehead atoms. The van der Waals surface area contributed by atoms with Gasteiger partial charge < -0.3 is 0 Å². The maximum absolute atomic E-state index is 11.9. The highest BCUT2D eigenvalue weighted by Gasteiger charge is 2.36. The SMILES string of the molecule is Cc1c(S(=O)(=O)Cl)cc(Cl)c(NS(=O)(=O)C2CC2)c1Cl. The molecule has 10 heteroatoms. The summed E-state index contributed by atoms with van der Waals surface area (Å²) in [5, 5.41) is -0.656. The Kier molecular flexibility index (Phi) is 4.21. The van der Waals surface area contributed by atoms with Gasteiger partial charge >= 0.3 is 0 Å². The van der Waals surface area contributed by atoms with E-state index in [0.29, 0.717) is 12.8 Å². The second-order valence-corrected chi connectivity index (χ2v) is 9.74. The first-order chi connectivity index (χ1) is 9.04. The van der Waals surface area contributed by atoms with Crippen LogP contribution in [-0.2, 0) is 19.1 Å². The van der Waals surface area contributed by atoms with Crippen molar-refractivity contribution in [1.29, 1.82) is 0 Å². The van der Waals surface area contributed by atoms with Gasteiger partial charge in [-0.2, -0.15) is 0 Å². The van der Waals surface area contributed by atoms with E-state index < -0.39 is 24.3 Å². The Morgan fingerprint density at radius 3 is 2.20 bits per heavy atom. The number of halogens is 3. The predicted molar refractivity (Wildman–Crippen MR) is 79.8 cm³/mol. The quantitative estimate of drug-likeness (QED) is 0.816. The van der Waals surface area contributed by atoms with Crippen molar-refractivity contribution in [3.05, 3.63) is 21.7 Å². The summed E-state index contributed by atoms with van der Waals surface area (Å²) < 4.78 is 48.8. The molecule has 0 radical (unpaired) electrons. The fourth-order valence-electron chi connectivity index (χ4n) is 1.65. The molecule has 0 heterocycles. The first kappa shape index (κ1) is 16.2. The molecule has 5 nitrogen and oxygen atoms in total. The molecule has 0 amide bonds. The molecule has 1 aliphatic carbocycles. The number of rotatable bonds is 4. The maximum Gasteiger partial charge on any atom is 0.261 e. The van der Waals surface area contributed by atoms with Crippen LogP contribution in [0.4, 0.5) is 5.69 Å². The number of hydrogen-bond donors (Lipinski definition) is 1. The van der Waals surface area contributed by atoms with E-state index in [1.54, 1.807) is 0 Å². The molecule has 112 valence electrons. The van der Waals surface area contributed by atoms with Crippen LogP contribution in [0, 0.1) is 6.92 Å². The molecule has 1 aliphatic rings. The van der Waals surface area contributed by atoms with E-state index in [-0.39, 0.29) is 26.2 Å². The van der Waals surface area contributed by atoms with Crippen LogP contribution in [0.1, 0.15) is 18.4 Å². The third kappa shape index (κ3) is 3.17. The van der Waals surface area contributed by atoms with Crippen molar-refractivity contribution in [3.8, 4) is 0 Å². The molecule has 0 atom stereocenters. The Hall–Kier alpha value is -0.210. The number of anilines is 1. The monoisotopic (exact) mass is 377 g/mol. The van der Waals surface area contributed by atoms with E-state index >= 15 is 0 Å². The van der Waals surface area contributed by atoms with Crippen LogP contribution in [-0.4, -0.2) is 22.1 Å². The van der Waals surface area contributed by atoms with E-state index in [0.717, 1.165) is 6.07 Å². The lowest BCUT2D eigenvalue weighted by molar-refractivity contribution is 0.600. The van der Waals surface area contributed by atoms with E-state index in [9.17, 15) is 16.8 Å². The van der Waals surface area contributed by atoms with E-state index in [4.69, 9.17) is 33.9 Å². The van der Waals surface area contributed by atoms with Crippen LogP contribution >= 0.6 is 33.9 Å². The van der Waals surface area contributed by atoms with Gasteiger partial charge in [0.05, 0.1) is 25.9 Å². The van der Waals surface area contributed by atoms with Crippen molar-refractivity contribution >= 4 is 58.6 Å². The van der Waals surface area contributed by atoms with Gasteiger partial charge in [-0.15, -0.1) is 0 Å². The Morgan fingerprint density at radius 1 is 1.20 bits per heavy atom. The van der Waals surface area contributed by atoms with Crippen LogP contribution in [0.25, 0.3) is 0 Å². The summed E-state index contributed by atoms with van der Waals surface area (Å²) in [5.41, 5.74) is 0.112. The predicted octanol–water partition coefficient (Wildman–Crippen LogP) is 3.13. The van der Waals surface area contributed by atoms with Gasteiger partial charge in [-0.3, -0.25) is 4.72 Å². The lowest BCUT2D eigenvalue weighted by Crippen LogP contribution is -2.18. The minimum atomic E-state index is -4.02. The molecular formula is C10H10Cl3NO4S2. The zero-order valence-electron chi connectivity index (χ0n) is 10.2. The molecule has 0 spiro atoms. The summed E-state index contributed by atoms with van der Waals surface area (Å²) in [7, 11) is -2.30. The lowest BCUT2D eigenvalue weighted by atomic mass is 10.2. The van der Waals surface area contributed by atoms with Crippen LogP contribution in [0.5, 0.6) is 0 Å². The highest BCUT2D eigenvalue weighted by Crippen LogP contribution is 2.40. The molecule has 20 heavy (non-hydrogen) atoms. The fraction of sp³-hybridized carbons (Fsp3) is 0.400. The standard InChI is InChI=1S/C10H10Cl3NO4S2/c1-5-8(19(13,15)16)4-7(11)10(9(5)12)14-20(17,18)6-2-3-6/h4,6,14H,2-3H2,1H3. The second-order valence-electron chi connectivity index (χ2n) is 4.45. The smallest absolute Gasteiger partial charge is 0.261 e. The Morgan fingerprint density at radius 2 is 1.75 bits per heavy atom. The zero-order chi connectivity index (χ0) is 15.3. The maximum atomic E-state index is 11.9. The second kappa shape index (κ2) is 5.21. The number of sulfonamides is 1. The Labute approximate surface area is 131 Å². The molecule has 1 fully saturated rings. The van der Waals surface area contributed by atoms with Gasteiger partial charge in [-0.25, -0.2) is 16.8 Å². The van der Waals surface area contributed by atoms with Gasteiger partial charge in [0.15, 0.2) is 0 Å². The van der Waals surface area contributed by atoms with E-state index in [1.807, 2.05) is 0 Å². The topological polar surface area (TPSA) is 80.3 Å². The summed E-state index contributed by atoms with van der Waals surface area (Å²) in [6.07, 6.45) is 1.16. The average Bonchev–Trinajstić information content (AvgIpc) is 3.12. The molecule has 0 saturated heterocycles. The summed E-state index contributed by atoms with van der Waals surface area (Å²) in [6, 6.07) is 1.08. The van der Waals surface area contributed by atoms with Gasteiger partial charge in [-0.1, -0.05) is 23.2 Å². The summed E-state index contributed by atoms with van der Waals surface area (Å²) in [6.45, 7) is 1.42. The fourth-order valence-corrected chi connectivity index (χ4v) is 5.06. The Balaban J connectivity index is 2.54. The highest BCUT2D eigenvalue weighted by atomic mass is 35.7. The van der Waals surface area contributed by atoms with Gasteiger partial charge in [0, 0.05) is 10.7 Å². The number of hydrogen-bond acceptors (Lipinski definition) is 4. The number of nitrogens with one attached hydrogen (secondary N) is 1. The molecule has 0 aromatic heterocycles. The van der Waals surface area contributed by atoms with Crippen LogP contribution in [0.2, 0.25) is 10.0 Å². The molecule has 1 N–H and O–H groups in total. The van der Waals surface area contributed by atoms with Crippen LogP contribution in [0.15, 0.2) is 11.0 Å². The molecule has 1 aromatic rings. The van der Waals surface area contributed by atoms with Crippen molar-refractivity contribution in [3.63, 3.8) is 0 Å². The van der Waals surface area contributed by atoms with Crippen LogP contribution in [0.3, 0.4) is 0 Å². The number of benzene rings is 1. The van der Waals surface area contributed by atoms with Crippen molar-refractivity contribution in [2.45, 2.75) is 29.9 Å². The normalized spacial score (nSPS) is 16.2. The molecule has 2 rings (SSSR count). The first-order valence-corrected chi connectivity index (χ1v) is 10.1. The minimum absolute atomic E-state index is 0.0261. The zero-order valence-corrected chi connectivity index (χ0v) is 14.1. The van der Waals surface area contributed by atoms with E-state index in [1.165, 1.54) is 6.92 Å². The van der Waals surface area contributed by atoms with Crippen molar-refractivity contribution in [2.24, 2.45) is 0 Å². The van der Waals surface area contributed by atoms with Crippen molar-refractivity contribution in [2.75, 3.05) is 4.72 Å². The van der Waals surface area contributed by atoms with Crippen LogP contribution < -0.4 is 4.72 Å². The molecule has 1 aromatic carbocycles. The summed E-state index contributed by atoms with van der Waals surface area (Å²) >= 11 is 11.9. The first-order valence-electron chi connectivity index (χ1n) is 5.49. The highest BCUT2D eigenvalue weighted by molar-refractivity contribution is 8.13. The van der Waals surface area contributed by atoms with E-state index in [2.05, 4.69) is 4.72 Å². The molecule has 0 aliphatic heterocycles. The summed E-state index contributed by atoms with van der Waals surface area (Å²) in [5.74, 6) is 0. The van der Waals surface area contributed by atoms with Gasteiger partial charge in [-0.05, 0) is 31.4 Å². The third-order valence-electron chi connectivity index (χ3n) is 2.89. The molecular weight excluding hydrogens is 369 g/mol. The summed E-state index contributed by atoms with van der Waals surface area (Å²) in [4.78, 5) is -0.247. The molecule has 1 saturated carbocycles. The Bertz CT molecular complexity index is 770. The van der Waals surface area contributed by atoms with Gasteiger partial charge in [0.1, 0.15) is 0 Å².